The Hall–Kier alpha value is -2.54. The highest BCUT2D eigenvalue weighted by atomic mass is 79.9. The molecule has 0 atom stereocenters. The quantitative estimate of drug-likeness (QED) is 0.508. The summed E-state index contributed by atoms with van der Waals surface area (Å²) >= 11 is 3.41. The fourth-order valence-electron chi connectivity index (χ4n) is 2.30. The minimum absolute atomic E-state index is 0.0652. The fourth-order valence-corrected chi connectivity index (χ4v) is 2.67. The molecule has 0 unspecified atom stereocenters. The molecule has 6 nitrogen and oxygen atoms in total. The lowest BCUT2D eigenvalue weighted by molar-refractivity contribution is -0.384. The molecule has 2 aromatic heterocycles. The van der Waals surface area contributed by atoms with Crippen molar-refractivity contribution in [2.24, 2.45) is 0 Å². The van der Waals surface area contributed by atoms with Crippen LogP contribution < -0.4 is 0 Å². The van der Waals surface area contributed by atoms with Crippen LogP contribution in [-0.4, -0.2) is 19.7 Å². The van der Waals surface area contributed by atoms with Crippen LogP contribution in [0.25, 0.3) is 16.9 Å². The molecule has 0 aliphatic heterocycles. The van der Waals surface area contributed by atoms with Gasteiger partial charge in [-0.3, -0.25) is 15.1 Å². The third-order valence-corrected chi connectivity index (χ3v) is 3.88. The van der Waals surface area contributed by atoms with Crippen molar-refractivity contribution in [3.8, 4) is 16.9 Å². The Morgan fingerprint density at radius 2 is 1.96 bits per heavy atom. The van der Waals surface area contributed by atoms with Crippen LogP contribution in [-0.2, 0) is 6.42 Å². The zero-order valence-corrected chi connectivity index (χ0v) is 13.9. The lowest BCUT2D eigenvalue weighted by atomic mass is 10.2. The number of nitro groups is 1. The average molecular weight is 373 g/mol. The monoisotopic (exact) mass is 372 g/mol. The molecule has 3 rings (SSSR count). The molecule has 0 saturated carbocycles. The maximum atomic E-state index is 10.8. The van der Waals surface area contributed by atoms with Gasteiger partial charge in [-0.2, -0.15) is 5.10 Å². The minimum Gasteiger partial charge on any atom is -0.263 e. The standard InChI is InChI=1S/C16H13BrN4O2/c1-2-13-8-16(11-7-12(17)10-18-9-11)19-20(13)14-3-5-15(6-4-14)21(22)23/h3-10H,2H2,1H3. The van der Waals surface area contributed by atoms with Crippen LogP contribution >= 0.6 is 15.9 Å². The summed E-state index contributed by atoms with van der Waals surface area (Å²) in [5.41, 5.74) is 3.61. The number of aromatic nitrogens is 3. The highest BCUT2D eigenvalue weighted by Gasteiger charge is 2.12. The van der Waals surface area contributed by atoms with Gasteiger partial charge in [0.2, 0.25) is 0 Å². The van der Waals surface area contributed by atoms with E-state index in [1.807, 2.05) is 19.1 Å². The number of benzene rings is 1. The number of halogens is 1. The van der Waals surface area contributed by atoms with Crippen LogP contribution in [0.2, 0.25) is 0 Å². The van der Waals surface area contributed by atoms with Crippen LogP contribution in [0, 0.1) is 10.1 Å². The van der Waals surface area contributed by atoms with Gasteiger partial charge in [-0.25, -0.2) is 4.68 Å². The van der Waals surface area contributed by atoms with E-state index in [-0.39, 0.29) is 5.69 Å². The van der Waals surface area contributed by atoms with E-state index >= 15 is 0 Å². The fraction of sp³-hybridized carbons (Fsp3) is 0.125. The van der Waals surface area contributed by atoms with Crippen LogP contribution in [0.1, 0.15) is 12.6 Å². The van der Waals surface area contributed by atoms with E-state index in [2.05, 4.69) is 26.0 Å². The van der Waals surface area contributed by atoms with Crippen LogP contribution in [0.15, 0.2) is 53.3 Å². The van der Waals surface area contributed by atoms with Crippen molar-refractivity contribution >= 4 is 21.6 Å². The maximum Gasteiger partial charge on any atom is 0.269 e. The van der Waals surface area contributed by atoms with Gasteiger partial charge in [0.1, 0.15) is 0 Å². The lowest BCUT2D eigenvalue weighted by Crippen LogP contribution is -2.01. The van der Waals surface area contributed by atoms with Crippen molar-refractivity contribution in [2.75, 3.05) is 0 Å². The van der Waals surface area contributed by atoms with E-state index < -0.39 is 4.92 Å². The summed E-state index contributed by atoms with van der Waals surface area (Å²) in [7, 11) is 0. The van der Waals surface area contributed by atoms with Crippen LogP contribution in [0.3, 0.4) is 0 Å². The zero-order valence-electron chi connectivity index (χ0n) is 12.3. The number of nitro benzene ring substituents is 1. The molecule has 116 valence electrons. The summed E-state index contributed by atoms with van der Waals surface area (Å²) in [4.78, 5) is 14.5. The molecule has 0 aliphatic rings. The van der Waals surface area contributed by atoms with Gasteiger partial charge in [0, 0.05) is 40.3 Å². The number of hydrogen-bond acceptors (Lipinski definition) is 4. The molecule has 0 amide bonds. The third kappa shape index (κ3) is 3.14. The third-order valence-electron chi connectivity index (χ3n) is 3.45. The molecule has 1 aromatic carbocycles. The summed E-state index contributed by atoms with van der Waals surface area (Å²) in [6.07, 6.45) is 4.27. The van der Waals surface area contributed by atoms with Crippen molar-refractivity contribution in [1.29, 1.82) is 0 Å². The predicted molar refractivity (Wildman–Crippen MR) is 90.5 cm³/mol. The Kier molecular flexibility index (Phi) is 4.20. The van der Waals surface area contributed by atoms with Crippen molar-refractivity contribution in [1.82, 2.24) is 14.8 Å². The molecule has 0 radical (unpaired) electrons. The van der Waals surface area contributed by atoms with Gasteiger partial charge in [0.25, 0.3) is 5.69 Å². The molecule has 2 heterocycles. The van der Waals surface area contributed by atoms with Crippen molar-refractivity contribution in [3.05, 3.63) is 69.1 Å². The zero-order chi connectivity index (χ0) is 16.4. The average Bonchev–Trinajstić information content (AvgIpc) is 2.99. The number of rotatable bonds is 4. The van der Waals surface area contributed by atoms with Gasteiger partial charge in [-0.05, 0) is 46.6 Å². The first-order valence-corrected chi connectivity index (χ1v) is 7.82. The van der Waals surface area contributed by atoms with E-state index in [0.29, 0.717) is 0 Å². The van der Waals surface area contributed by atoms with E-state index in [0.717, 1.165) is 33.5 Å². The smallest absolute Gasteiger partial charge is 0.263 e. The molecule has 23 heavy (non-hydrogen) atoms. The SMILES string of the molecule is CCc1cc(-c2cncc(Br)c2)nn1-c1ccc([N+](=O)[O-])cc1. The van der Waals surface area contributed by atoms with E-state index in [1.54, 1.807) is 29.2 Å². The Morgan fingerprint density at radius 1 is 1.22 bits per heavy atom. The van der Waals surface area contributed by atoms with Crippen LogP contribution in [0.4, 0.5) is 5.69 Å². The summed E-state index contributed by atoms with van der Waals surface area (Å²) in [5, 5.41) is 15.4. The molecule has 3 aromatic rings. The van der Waals surface area contributed by atoms with Crippen molar-refractivity contribution in [3.63, 3.8) is 0 Å². The molecular formula is C16H13BrN4O2. The van der Waals surface area contributed by atoms with E-state index in [4.69, 9.17) is 0 Å². The van der Waals surface area contributed by atoms with Crippen molar-refractivity contribution < 1.29 is 4.92 Å². The second-order valence-electron chi connectivity index (χ2n) is 4.95. The first kappa shape index (κ1) is 15.4. The molecule has 0 spiro atoms. The van der Waals surface area contributed by atoms with Gasteiger partial charge >= 0.3 is 0 Å². The summed E-state index contributed by atoms with van der Waals surface area (Å²) < 4.78 is 2.69. The van der Waals surface area contributed by atoms with Gasteiger partial charge in [-0.15, -0.1) is 0 Å². The van der Waals surface area contributed by atoms with Gasteiger partial charge in [0.05, 0.1) is 16.3 Å². The Morgan fingerprint density at radius 3 is 2.57 bits per heavy atom. The maximum absolute atomic E-state index is 10.8. The molecule has 0 saturated heterocycles. The lowest BCUT2D eigenvalue weighted by Gasteiger charge is -2.05. The molecule has 7 heteroatoms. The predicted octanol–water partition coefficient (Wildman–Crippen LogP) is 4.17. The highest BCUT2D eigenvalue weighted by Crippen LogP contribution is 2.24. The Bertz CT molecular complexity index is 859. The van der Waals surface area contributed by atoms with Gasteiger partial charge < -0.3 is 0 Å². The second-order valence-corrected chi connectivity index (χ2v) is 5.87. The normalized spacial score (nSPS) is 10.7. The summed E-state index contributed by atoms with van der Waals surface area (Å²) in [5.74, 6) is 0. The largest absolute Gasteiger partial charge is 0.269 e. The van der Waals surface area contributed by atoms with Gasteiger partial charge in [0.15, 0.2) is 0 Å². The molecule has 0 aliphatic carbocycles. The minimum atomic E-state index is -0.411. The molecular weight excluding hydrogens is 360 g/mol. The number of nitrogens with zero attached hydrogens (tertiary/aromatic N) is 4. The summed E-state index contributed by atoms with van der Waals surface area (Å²) in [6, 6.07) is 10.3. The Labute approximate surface area is 141 Å². The number of non-ortho nitro benzene ring substituents is 1. The number of pyridine rings is 1. The van der Waals surface area contributed by atoms with Gasteiger partial charge in [-0.1, -0.05) is 6.92 Å². The van der Waals surface area contributed by atoms with E-state index in [1.165, 1.54) is 12.1 Å². The first-order chi connectivity index (χ1) is 11.1. The Balaban J connectivity index is 2.04. The topological polar surface area (TPSA) is 73.8 Å². The molecule has 0 N–H and O–H groups in total. The number of aryl methyl sites for hydroxylation is 1. The summed E-state index contributed by atoms with van der Waals surface area (Å²) in [6.45, 7) is 2.04. The van der Waals surface area contributed by atoms with Crippen LogP contribution in [0.5, 0.6) is 0 Å². The second kappa shape index (κ2) is 6.29. The number of hydrogen-bond donors (Lipinski definition) is 0. The molecule has 0 fully saturated rings. The molecule has 0 bridgehead atoms. The first-order valence-electron chi connectivity index (χ1n) is 7.03. The highest BCUT2D eigenvalue weighted by molar-refractivity contribution is 9.10. The van der Waals surface area contributed by atoms with E-state index in [9.17, 15) is 10.1 Å². The van der Waals surface area contributed by atoms with Crippen molar-refractivity contribution in [2.45, 2.75) is 13.3 Å².